The minimum absolute atomic E-state index is 0.0173. The summed E-state index contributed by atoms with van der Waals surface area (Å²) >= 11 is 0. The summed E-state index contributed by atoms with van der Waals surface area (Å²) in [5.74, 6) is 4.84. The van der Waals surface area contributed by atoms with Gasteiger partial charge in [-0.25, -0.2) is 8.78 Å². The van der Waals surface area contributed by atoms with Crippen LogP contribution in [0.15, 0.2) is 18.2 Å². The van der Waals surface area contributed by atoms with Crippen LogP contribution >= 0.6 is 0 Å². The topological polar surface area (TPSA) is 38.0 Å². The van der Waals surface area contributed by atoms with Gasteiger partial charge in [0.1, 0.15) is 11.6 Å². The molecule has 0 heterocycles. The molecule has 1 aromatic rings. The summed E-state index contributed by atoms with van der Waals surface area (Å²) in [5, 5.41) is 0. The first-order valence-corrected chi connectivity index (χ1v) is 6.45. The zero-order valence-corrected chi connectivity index (χ0v) is 10.7. The summed E-state index contributed by atoms with van der Waals surface area (Å²) in [5.41, 5.74) is 3.26. The minimum Gasteiger partial charge on any atom is -0.271 e. The standard InChI is InChI=1S/C14H20F2N2/c1-14(6-2-3-7-14)13(18-17)9-10-8-11(15)4-5-12(10)16/h4-5,8,13,18H,2-3,6-7,9,17H2,1H3. The maximum atomic E-state index is 13.6. The molecule has 1 aromatic carbocycles. The van der Waals surface area contributed by atoms with Crippen LogP contribution in [0.2, 0.25) is 0 Å². The fourth-order valence-corrected chi connectivity index (χ4v) is 2.96. The molecule has 1 saturated carbocycles. The number of nitrogens with two attached hydrogens (primary N) is 1. The molecular formula is C14H20F2N2. The highest BCUT2D eigenvalue weighted by Gasteiger charge is 2.36. The SMILES string of the molecule is CC1(C(Cc2cc(F)ccc2F)NN)CCCC1. The molecule has 1 aliphatic rings. The Morgan fingerprint density at radius 3 is 2.61 bits per heavy atom. The van der Waals surface area contributed by atoms with Gasteiger partial charge in [0, 0.05) is 6.04 Å². The molecule has 0 aliphatic heterocycles. The molecule has 4 heteroatoms. The Hall–Kier alpha value is -1.00. The van der Waals surface area contributed by atoms with Gasteiger partial charge in [-0.2, -0.15) is 0 Å². The van der Waals surface area contributed by atoms with Crippen molar-refractivity contribution in [1.82, 2.24) is 5.43 Å². The fourth-order valence-electron chi connectivity index (χ4n) is 2.96. The number of hydrogen-bond donors (Lipinski definition) is 2. The van der Waals surface area contributed by atoms with E-state index in [-0.39, 0.29) is 17.3 Å². The Labute approximate surface area is 107 Å². The molecule has 0 saturated heterocycles. The first kappa shape index (κ1) is 13.4. The lowest BCUT2D eigenvalue weighted by Gasteiger charge is -2.33. The fraction of sp³-hybridized carbons (Fsp3) is 0.571. The van der Waals surface area contributed by atoms with Crippen LogP contribution in [-0.2, 0) is 6.42 Å². The number of benzene rings is 1. The molecular weight excluding hydrogens is 234 g/mol. The molecule has 2 nitrogen and oxygen atoms in total. The van der Waals surface area contributed by atoms with Gasteiger partial charge in [-0.15, -0.1) is 0 Å². The van der Waals surface area contributed by atoms with Crippen molar-refractivity contribution in [3.63, 3.8) is 0 Å². The lowest BCUT2D eigenvalue weighted by atomic mass is 9.78. The van der Waals surface area contributed by atoms with E-state index >= 15 is 0 Å². The smallest absolute Gasteiger partial charge is 0.126 e. The zero-order chi connectivity index (χ0) is 13.2. The first-order valence-electron chi connectivity index (χ1n) is 6.45. The van der Waals surface area contributed by atoms with Gasteiger partial charge in [0.25, 0.3) is 0 Å². The molecule has 0 spiro atoms. The molecule has 2 rings (SSSR count). The van der Waals surface area contributed by atoms with Gasteiger partial charge >= 0.3 is 0 Å². The van der Waals surface area contributed by atoms with Crippen molar-refractivity contribution in [1.29, 1.82) is 0 Å². The summed E-state index contributed by atoms with van der Waals surface area (Å²) in [4.78, 5) is 0. The van der Waals surface area contributed by atoms with Crippen LogP contribution in [0.25, 0.3) is 0 Å². The Morgan fingerprint density at radius 2 is 2.00 bits per heavy atom. The van der Waals surface area contributed by atoms with Crippen LogP contribution in [0.5, 0.6) is 0 Å². The van der Waals surface area contributed by atoms with Crippen LogP contribution in [0.1, 0.15) is 38.2 Å². The third-order valence-electron chi connectivity index (χ3n) is 4.22. The highest BCUT2D eigenvalue weighted by molar-refractivity contribution is 5.20. The van der Waals surface area contributed by atoms with Gasteiger partial charge in [-0.05, 0) is 48.4 Å². The molecule has 1 aliphatic carbocycles. The van der Waals surface area contributed by atoms with Crippen LogP contribution < -0.4 is 11.3 Å². The van der Waals surface area contributed by atoms with Crippen molar-refractivity contribution in [2.75, 3.05) is 0 Å². The van der Waals surface area contributed by atoms with Crippen molar-refractivity contribution in [2.45, 2.75) is 45.1 Å². The van der Waals surface area contributed by atoms with Crippen molar-refractivity contribution in [3.8, 4) is 0 Å². The molecule has 1 atom stereocenters. The summed E-state index contributed by atoms with van der Waals surface area (Å²) in [6.07, 6.45) is 4.95. The Balaban J connectivity index is 2.17. The average molecular weight is 254 g/mol. The largest absolute Gasteiger partial charge is 0.271 e. The quantitative estimate of drug-likeness (QED) is 0.640. The predicted octanol–water partition coefficient (Wildman–Crippen LogP) is 2.92. The van der Waals surface area contributed by atoms with E-state index in [2.05, 4.69) is 12.3 Å². The molecule has 1 unspecified atom stereocenters. The van der Waals surface area contributed by atoms with Gasteiger partial charge in [0.05, 0.1) is 0 Å². The average Bonchev–Trinajstić information content (AvgIpc) is 2.78. The number of hydrogen-bond acceptors (Lipinski definition) is 2. The Bertz CT molecular complexity index is 414. The number of hydrazine groups is 1. The normalized spacial score (nSPS) is 20.0. The predicted molar refractivity (Wildman–Crippen MR) is 67.7 cm³/mol. The lowest BCUT2D eigenvalue weighted by Crippen LogP contribution is -2.47. The second-order valence-electron chi connectivity index (χ2n) is 5.52. The van der Waals surface area contributed by atoms with E-state index in [0.29, 0.717) is 12.0 Å². The summed E-state index contributed by atoms with van der Waals surface area (Å²) in [7, 11) is 0. The zero-order valence-electron chi connectivity index (χ0n) is 10.7. The summed E-state index contributed by atoms with van der Waals surface area (Å²) in [6, 6.07) is 3.56. The molecule has 100 valence electrons. The van der Waals surface area contributed by atoms with Crippen LogP contribution in [-0.4, -0.2) is 6.04 Å². The molecule has 3 N–H and O–H groups in total. The summed E-state index contributed by atoms with van der Waals surface area (Å²) in [6.45, 7) is 2.17. The van der Waals surface area contributed by atoms with Crippen molar-refractivity contribution in [3.05, 3.63) is 35.4 Å². The second-order valence-corrected chi connectivity index (χ2v) is 5.52. The minimum atomic E-state index is -0.404. The second kappa shape index (κ2) is 5.33. The number of nitrogens with one attached hydrogen (secondary N) is 1. The highest BCUT2D eigenvalue weighted by atomic mass is 19.1. The third kappa shape index (κ3) is 2.70. The van der Waals surface area contributed by atoms with E-state index in [1.165, 1.54) is 25.0 Å². The molecule has 0 radical (unpaired) electrons. The van der Waals surface area contributed by atoms with E-state index in [4.69, 9.17) is 5.84 Å². The van der Waals surface area contributed by atoms with Crippen LogP contribution in [0.3, 0.4) is 0 Å². The summed E-state index contributed by atoms with van der Waals surface area (Å²) < 4.78 is 26.8. The van der Waals surface area contributed by atoms with Gasteiger partial charge in [0.2, 0.25) is 0 Å². The van der Waals surface area contributed by atoms with E-state index in [1.807, 2.05) is 0 Å². The van der Waals surface area contributed by atoms with Crippen LogP contribution in [0, 0.1) is 17.0 Å². The Kier molecular flexibility index (Phi) is 3.97. The van der Waals surface area contributed by atoms with Gasteiger partial charge in [-0.1, -0.05) is 19.8 Å². The monoisotopic (exact) mass is 254 g/mol. The lowest BCUT2D eigenvalue weighted by molar-refractivity contribution is 0.219. The van der Waals surface area contributed by atoms with Crippen LogP contribution in [0.4, 0.5) is 8.78 Å². The van der Waals surface area contributed by atoms with E-state index in [1.54, 1.807) is 0 Å². The van der Waals surface area contributed by atoms with Gasteiger partial charge in [0.15, 0.2) is 0 Å². The molecule has 18 heavy (non-hydrogen) atoms. The number of halogens is 2. The third-order valence-corrected chi connectivity index (χ3v) is 4.22. The Morgan fingerprint density at radius 1 is 1.33 bits per heavy atom. The highest BCUT2D eigenvalue weighted by Crippen LogP contribution is 2.41. The van der Waals surface area contributed by atoms with Crippen molar-refractivity contribution < 1.29 is 8.78 Å². The first-order chi connectivity index (χ1) is 8.55. The maximum Gasteiger partial charge on any atom is 0.126 e. The van der Waals surface area contributed by atoms with E-state index < -0.39 is 5.82 Å². The molecule has 0 bridgehead atoms. The number of rotatable bonds is 4. The van der Waals surface area contributed by atoms with Gasteiger partial charge < -0.3 is 0 Å². The molecule has 0 aromatic heterocycles. The molecule has 0 amide bonds. The van der Waals surface area contributed by atoms with E-state index in [9.17, 15) is 8.78 Å². The maximum absolute atomic E-state index is 13.6. The van der Waals surface area contributed by atoms with E-state index in [0.717, 1.165) is 18.9 Å². The van der Waals surface area contributed by atoms with Gasteiger partial charge in [-0.3, -0.25) is 11.3 Å². The van der Waals surface area contributed by atoms with Crippen molar-refractivity contribution >= 4 is 0 Å². The molecule has 1 fully saturated rings. The van der Waals surface area contributed by atoms with Crippen molar-refractivity contribution in [2.24, 2.45) is 11.3 Å².